The van der Waals surface area contributed by atoms with Gasteiger partial charge in [0.05, 0.1) is 0 Å². The summed E-state index contributed by atoms with van der Waals surface area (Å²) >= 11 is 3.18. The summed E-state index contributed by atoms with van der Waals surface area (Å²) < 4.78 is 0. The molecule has 0 saturated heterocycles. The van der Waals surface area contributed by atoms with Gasteiger partial charge in [0.25, 0.3) is 0 Å². The number of thiophene rings is 2. The zero-order valence-corrected chi connectivity index (χ0v) is 7.81. The van der Waals surface area contributed by atoms with E-state index in [1.165, 1.54) is 0 Å². The van der Waals surface area contributed by atoms with Crippen LogP contribution >= 0.6 is 22.7 Å². The Kier molecular flexibility index (Phi) is 2.29. The van der Waals surface area contributed by atoms with Crippen LogP contribution in [0.2, 0.25) is 0 Å². The summed E-state index contributed by atoms with van der Waals surface area (Å²) in [4.78, 5) is 0. The first-order valence-corrected chi connectivity index (χ1v) is 5.20. The molecule has 2 aromatic heterocycles. The number of azo groups is 1. The molecule has 0 spiro atoms. The summed E-state index contributed by atoms with van der Waals surface area (Å²) in [7, 11) is 0. The summed E-state index contributed by atoms with van der Waals surface area (Å²) in [5.74, 6) is 0. The molecule has 2 aromatic rings. The van der Waals surface area contributed by atoms with Crippen LogP contribution in [0.15, 0.2) is 45.3 Å². The fourth-order valence-electron chi connectivity index (χ4n) is 0.752. The lowest BCUT2D eigenvalue weighted by atomic mass is 10.6. The van der Waals surface area contributed by atoms with Gasteiger partial charge in [-0.15, -0.1) is 32.9 Å². The van der Waals surface area contributed by atoms with Crippen molar-refractivity contribution in [2.45, 2.75) is 0 Å². The van der Waals surface area contributed by atoms with Crippen molar-refractivity contribution >= 4 is 32.7 Å². The molecule has 2 heterocycles. The highest BCUT2D eigenvalue weighted by Crippen LogP contribution is 2.25. The van der Waals surface area contributed by atoms with Crippen LogP contribution in [0.1, 0.15) is 0 Å². The summed E-state index contributed by atoms with van der Waals surface area (Å²) in [6.45, 7) is 0. The summed E-state index contributed by atoms with van der Waals surface area (Å²) in [5.41, 5.74) is 0. The molecule has 0 aliphatic carbocycles. The molecule has 2 nitrogen and oxygen atoms in total. The van der Waals surface area contributed by atoms with Crippen LogP contribution < -0.4 is 0 Å². The highest BCUT2D eigenvalue weighted by Gasteiger charge is 1.89. The van der Waals surface area contributed by atoms with Gasteiger partial charge in [-0.25, -0.2) is 0 Å². The van der Waals surface area contributed by atoms with Gasteiger partial charge in [0.1, 0.15) is 10.0 Å². The van der Waals surface area contributed by atoms with Gasteiger partial charge in [-0.2, -0.15) is 0 Å². The monoisotopic (exact) mass is 194 g/mol. The molecule has 0 atom stereocenters. The van der Waals surface area contributed by atoms with Gasteiger partial charge in [0.2, 0.25) is 0 Å². The van der Waals surface area contributed by atoms with Gasteiger partial charge in [-0.3, -0.25) is 0 Å². The van der Waals surface area contributed by atoms with Crippen LogP contribution in [0.3, 0.4) is 0 Å². The van der Waals surface area contributed by atoms with Crippen molar-refractivity contribution < 1.29 is 0 Å². The normalized spacial score (nSPS) is 11.0. The molecule has 0 N–H and O–H groups in total. The van der Waals surface area contributed by atoms with E-state index in [0.29, 0.717) is 0 Å². The number of hydrogen-bond acceptors (Lipinski definition) is 4. The van der Waals surface area contributed by atoms with Gasteiger partial charge in [-0.1, -0.05) is 0 Å². The van der Waals surface area contributed by atoms with Crippen LogP contribution in [0.5, 0.6) is 0 Å². The second-order valence-electron chi connectivity index (χ2n) is 2.10. The number of hydrogen-bond donors (Lipinski definition) is 0. The van der Waals surface area contributed by atoms with Crippen molar-refractivity contribution in [2.24, 2.45) is 10.2 Å². The second-order valence-corrected chi connectivity index (χ2v) is 3.95. The zero-order valence-electron chi connectivity index (χ0n) is 6.18. The SMILES string of the molecule is c1csc(/N=N/c2cccs2)c1. The largest absolute Gasteiger partial charge is 0.139 e. The average molecular weight is 194 g/mol. The van der Waals surface area contributed by atoms with E-state index in [0.717, 1.165) is 10.0 Å². The molecule has 0 fully saturated rings. The van der Waals surface area contributed by atoms with E-state index in [9.17, 15) is 0 Å². The standard InChI is InChI=1S/C8H6N2S2/c1-3-7(11-5-1)9-10-8-4-2-6-12-8/h1-6H/b10-9+. The molecule has 0 bridgehead atoms. The van der Waals surface area contributed by atoms with Crippen molar-refractivity contribution in [1.29, 1.82) is 0 Å². The van der Waals surface area contributed by atoms with Crippen LogP contribution in [0.4, 0.5) is 10.0 Å². The molecule has 0 amide bonds. The lowest BCUT2D eigenvalue weighted by molar-refractivity contribution is 1.28. The molecule has 4 heteroatoms. The maximum atomic E-state index is 4.06. The van der Waals surface area contributed by atoms with Crippen molar-refractivity contribution in [3.05, 3.63) is 35.0 Å². The van der Waals surface area contributed by atoms with Gasteiger partial charge in [-0.05, 0) is 35.0 Å². The summed E-state index contributed by atoms with van der Waals surface area (Å²) in [5, 5.41) is 14.0. The fourth-order valence-corrected chi connectivity index (χ4v) is 1.84. The quantitative estimate of drug-likeness (QED) is 0.639. The van der Waals surface area contributed by atoms with Gasteiger partial charge >= 0.3 is 0 Å². The topological polar surface area (TPSA) is 24.7 Å². The highest BCUT2D eigenvalue weighted by atomic mass is 32.1. The van der Waals surface area contributed by atoms with Gasteiger partial charge < -0.3 is 0 Å². The fraction of sp³-hybridized carbons (Fsp3) is 0. The van der Waals surface area contributed by atoms with E-state index >= 15 is 0 Å². The van der Waals surface area contributed by atoms with Gasteiger partial charge in [0, 0.05) is 0 Å². The Morgan fingerprint density at radius 3 is 1.67 bits per heavy atom. The third-order valence-corrected chi connectivity index (χ3v) is 2.76. The molecular formula is C8H6N2S2. The zero-order chi connectivity index (χ0) is 8.23. The molecule has 0 saturated carbocycles. The van der Waals surface area contributed by atoms with Crippen molar-refractivity contribution in [2.75, 3.05) is 0 Å². The highest BCUT2D eigenvalue weighted by molar-refractivity contribution is 7.14. The Bertz CT molecular complexity index is 312. The molecule has 2 rings (SSSR count). The van der Waals surface area contributed by atoms with Crippen LogP contribution in [0.25, 0.3) is 0 Å². The maximum absolute atomic E-state index is 4.06. The first-order valence-electron chi connectivity index (χ1n) is 3.44. The van der Waals surface area contributed by atoms with E-state index in [4.69, 9.17) is 0 Å². The van der Waals surface area contributed by atoms with Crippen molar-refractivity contribution in [3.8, 4) is 0 Å². The van der Waals surface area contributed by atoms with Gasteiger partial charge in [0.15, 0.2) is 0 Å². The first kappa shape index (κ1) is 7.64. The minimum absolute atomic E-state index is 0.948. The molecule has 0 unspecified atom stereocenters. The minimum Gasteiger partial charge on any atom is -0.139 e. The molecule has 12 heavy (non-hydrogen) atoms. The van der Waals surface area contributed by atoms with E-state index in [2.05, 4.69) is 10.2 Å². The number of nitrogens with zero attached hydrogens (tertiary/aromatic N) is 2. The van der Waals surface area contributed by atoms with E-state index < -0.39 is 0 Å². The van der Waals surface area contributed by atoms with Crippen molar-refractivity contribution in [1.82, 2.24) is 0 Å². The molecule has 0 aliphatic rings. The average Bonchev–Trinajstić information content (AvgIpc) is 2.74. The lowest BCUT2D eigenvalue weighted by Gasteiger charge is -1.81. The summed E-state index contributed by atoms with van der Waals surface area (Å²) in [6, 6.07) is 7.82. The smallest absolute Gasteiger partial charge is 0.138 e. The number of rotatable bonds is 2. The first-order chi connectivity index (χ1) is 5.95. The third kappa shape index (κ3) is 1.78. The third-order valence-electron chi connectivity index (χ3n) is 1.26. The van der Waals surface area contributed by atoms with E-state index in [1.807, 2.05) is 35.0 Å². The Morgan fingerprint density at radius 2 is 1.33 bits per heavy atom. The minimum atomic E-state index is 0.948. The van der Waals surface area contributed by atoms with E-state index in [-0.39, 0.29) is 0 Å². The molecule has 0 aliphatic heterocycles. The molecule has 60 valence electrons. The summed E-state index contributed by atoms with van der Waals surface area (Å²) in [6.07, 6.45) is 0. The van der Waals surface area contributed by atoms with Crippen LogP contribution in [0, 0.1) is 0 Å². The molecule has 0 radical (unpaired) electrons. The Balaban J connectivity index is 2.14. The molecule has 0 aromatic carbocycles. The second kappa shape index (κ2) is 3.60. The van der Waals surface area contributed by atoms with E-state index in [1.54, 1.807) is 22.7 Å². The molecular weight excluding hydrogens is 188 g/mol. The predicted octanol–water partition coefficient (Wildman–Crippen LogP) is 4.23. The Hall–Kier alpha value is -1.00. The lowest BCUT2D eigenvalue weighted by Crippen LogP contribution is -1.47. The Morgan fingerprint density at radius 1 is 0.833 bits per heavy atom. The Labute approximate surface area is 78.2 Å². The van der Waals surface area contributed by atoms with Crippen molar-refractivity contribution in [3.63, 3.8) is 0 Å². The predicted molar refractivity (Wildman–Crippen MR) is 52.8 cm³/mol. The van der Waals surface area contributed by atoms with Crippen LogP contribution in [-0.4, -0.2) is 0 Å². The maximum Gasteiger partial charge on any atom is 0.138 e. The van der Waals surface area contributed by atoms with Crippen LogP contribution in [-0.2, 0) is 0 Å².